The molecule has 39 heavy (non-hydrogen) atoms. The molecule has 204 valence electrons. The van der Waals surface area contributed by atoms with E-state index in [1.807, 2.05) is 78.9 Å². The van der Waals surface area contributed by atoms with Crippen LogP contribution in [-0.4, -0.2) is 65.0 Å². The summed E-state index contributed by atoms with van der Waals surface area (Å²) in [5, 5.41) is 8.84. The zero-order chi connectivity index (χ0) is 28.1. The average Bonchev–Trinajstić information content (AvgIpc) is 2.98. The van der Waals surface area contributed by atoms with Gasteiger partial charge in [-0.25, -0.2) is 0 Å². The lowest BCUT2D eigenvalue weighted by molar-refractivity contribution is -0.153. The summed E-state index contributed by atoms with van der Waals surface area (Å²) in [6, 6.07) is 25.0. The molecule has 0 amide bonds. The highest BCUT2D eigenvalue weighted by Gasteiger charge is 2.38. The Labute approximate surface area is 230 Å². The highest BCUT2D eigenvalue weighted by molar-refractivity contribution is 6.08. The van der Waals surface area contributed by atoms with Crippen molar-refractivity contribution >= 4 is 19.8 Å². The minimum Gasteiger partial charge on any atom is -0.497 e. The third-order valence-corrected chi connectivity index (χ3v) is 6.10. The molecule has 0 aliphatic heterocycles. The van der Waals surface area contributed by atoms with Crippen LogP contribution < -0.4 is 9.47 Å². The number of carbonyl (C=O) groups is 2. The van der Waals surface area contributed by atoms with Crippen molar-refractivity contribution < 1.29 is 38.4 Å². The molecule has 3 aromatic rings. The van der Waals surface area contributed by atoms with Crippen LogP contribution in [0.3, 0.4) is 0 Å². The topological polar surface area (TPSA) is 101 Å². The summed E-state index contributed by atoms with van der Waals surface area (Å²) < 4.78 is 28.7. The second-order valence-corrected chi connectivity index (χ2v) is 8.67. The van der Waals surface area contributed by atoms with E-state index in [4.69, 9.17) is 36.6 Å². The van der Waals surface area contributed by atoms with Gasteiger partial charge in [0.15, 0.2) is 0 Å². The molecule has 9 heteroatoms. The van der Waals surface area contributed by atoms with Gasteiger partial charge in [0.1, 0.15) is 29.8 Å². The fraction of sp³-hybridized carbons (Fsp3) is 0.333. The number of hydrogen-bond acceptors (Lipinski definition) is 7. The normalized spacial score (nSPS) is 11.9. The van der Waals surface area contributed by atoms with Crippen molar-refractivity contribution in [2.45, 2.75) is 30.9 Å². The molecule has 0 saturated carbocycles. The average molecular weight is 532 g/mol. The van der Waals surface area contributed by atoms with Crippen molar-refractivity contribution in [3.05, 3.63) is 95.6 Å². The predicted octanol–water partition coefficient (Wildman–Crippen LogP) is 4.39. The SMILES string of the molecule is [B]CCOC(COC(=O)CCC(=O)O)COC(c1ccccc1)(c1ccc(OC)cc1)c1ccc(OC)cc1. The summed E-state index contributed by atoms with van der Waals surface area (Å²) >= 11 is 0. The Morgan fingerprint density at radius 2 is 1.33 bits per heavy atom. The van der Waals surface area contributed by atoms with E-state index in [0.717, 1.165) is 16.7 Å². The molecule has 0 bridgehead atoms. The van der Waals surface area contributed by atoms with Crippen molar-refractivity contribution in [1.82, 2.24) is 0 Å². The van der Waals surface area contributed by atoms with Crippen molar-refractivity contribution in [1.29, 1.82) is 0 Å². The molecule has 0 aliphatic carbocycles. The number of methoxy groups -OCH3 is 2. The van der Waals surface area contributed by atoms with Crippen LogP contribution in [0.5, 0.6) is 11.5 Å². The van der Waals surface area contributed by atoms with Gasteiger partial charge in [0.05, 0.1) is 41.5 Å². The van der Waals surface area contributed by atoms with Gasteiger partial charge in [-0.15, -0.1) is 0 Å². The van der Waals surface area contributed by atoms with Crippen molar-refractivity contribution in [2.75, 3.05) is 34.0 Å². The maximum atomic E-state index is 12.1. The van der Waals surface area contributed by atoms with Gasteiger partial charge in [-0.1, -0.05) is 60.9 Å². The number of esters is 1. The third-order valence-electron chi connectivity index (χ3n) is 6.10. The van der Waals surface area contributed by atoms with Gasteiger partial charge in [0, 0.05) is 6.61 Å². The molecule has 8 nitrogen and oxygen atoms in total. The first-order valence-corrected chi connectivity index (χ1v) is 12.6. The van der Waals surface area contributed by atoms with Crippen LogP contribution >= 0.6 is 0 Å². The minimum absolute atomic E-state index is 0.0408. The number of carboxylic acid groups (broad SMARTS) is 1. The molecular weight excluding hydrogens is 499 g/mol. The van der Waals surface area contributed by atoms with Gasteiger partial charge >= 0.3 is 11.9 Å². The Kier molecular flexibility index (Phi) is 11.4. The van der Waals surface area contributed by atoms with Crippen LogP contribution in [0.25, 0.3) is 0 Å². The standard InChI is InChI=1S/C30H33BO8/c1-35-25-12-8-23(9-13-25)30(22-6-4-3-5-7-22,24-10-14-26(36-2)15-11-24)39-21-27(37-19-18-31)20-38-29(34)17-16-28(32)33/h3-15,27H,16-21H2,1-2H3,(H,32,33). The Bertz CT molecular complexity index is 1120. The summed E-state index contributed by atoms with van der Waals surface area (Å²) in [6.07, 6.45) is -0.923. The summed E-state index contributed by atoms with van der Waals surface area (Å²) in [5.74, 6) is -0.294. The molecule has 0 aliphatic rings. The zero-order valence-electron chi connectivity index (χ0n) is 22.2. The lowest BCUT2D eigenvalue weighted by Gasteiger charge is -2.37. The molecule has 3 rings (SSSR count). The highest BCUT2D eigenvalue weighted by Crippen LogP contribution is 2.41. The molecule has 3 aromatic carbocycles. The summed E-state index contributed by atoms with van der Waals surface area (Å²) in [4.78, 5) is 22.9. The first kappa shape index (κ1) is 29.7. The Hall–Kier alpha value is -3.82. The van der Waals surface area contributed by atoms with E-state index in [2.05, 4.69) is 0 Å². The Morgan fingerprint density at radius 1 is 0.795 bits per heavy atom. The fourth-order valence-corrected chi connectivity index (χ4v) is 4.14. The maximum Gasteiger partial charge on any atom is 0.306 e. The number of aliphatic carboxylic acids is 1. The van der Waals surface area contributed by atoms with Crippen molar-refractivity contribution in [3.8, 4) is 11.5 Å². The van der Waals surface area contributed by atoms with Crippen molar-refractivity contribution in [3.63, 3.8) is 0 Å². The number of carboxylic acids is 1. The number of hydrogen-bond donors (Lipinski definition) is 1. The van der Waals surface area contributed by atoms with Crippen LogP contribution in [0.4, 0.5) is 0 Å². The monoisotopic (exact) mass is 532 g/mol. The van der Waals surface area contributed by atoms with E-state index in [-0.39, 0.29) is 39.0 Å². The molecule has 0 spiro atoms. The fourth-order valence-electron chi connectivity index (χ4n) is 4.14. The molecule has 1 unspecified atom stereocenters. The molecule has 0 fully saturated rings. The number of ether oxygens (including phenoxy) is 5. The highest BCUT2D eigenvalue weighted by atomic mass is 16.6. The zero-order valence-corrected chi connectivity index (χ0v) is 22.2. The first-order valence-electron chi connectivity index (χ1n) is 12.6. The smallest absolute Gasteiger partial charge is 0.306 e. The van der Waals surface area contributed by atoms with E-state index in [1.54, 1.807) is 14.2 Å². The minimum atomic E-state index is -1.07. The largest absolute Gasteiger partial charge is 0.497 e. The van der Waals surface area contributed by atoms with E-state index in [0.29, 0.717) is 11.5 Å². The van der Waals surface area contributed by atoms with Crippen LogP contribution in [-0.2, 0) is 29.4 Å². The lowest BCUT2D eigenvalue weighted by atomic mass is 9.80. The summed E-state index contributed by atoms with van der Waals surface area (Å²) in [6.45, 7) is 0.151. The second-order valence-electron chi connectivity index (χ2n) is 8.67. The quantitative estimate of drug-likeness (QED) is 0.165. The van der Waals surface area contributed by atoms with Gasteiger partial charge < -0.3 is 28.8 Å². The molecule has 1 N–H and O–H groups in total. The van der Waals surface area contributed by atoms with E-state index >= 15 is 0 Å². The van der Waals surface area contributed by atoms with E-state index < -0.39 is 23.6 Å². The third kappa shape index (κ3) is 8.08. The molecule has 2 radical (unpaired) electrons. The van der Waals surface area contributed by atoms with E-state index in [9.17, 15) is 9.59 Å². The van der Waals surface area contributed by atoms with E-state index in [1.165, 1.54) is 0 Å². The number of rotatable bonds is 16. The van der Waals surface area contributed by atoms with Crippen molar-refractivity contribution in [2.24, 2.45) is 0 Å². The van der Waals surface area contributed by atoms with Crippen LogP contribution in [0.1, 0.15) is 29.5 Å². The van der Waals surface area contributed by atoms with Gasteiger partial charge in [-0.3, -0.25) is 9.59 Å². The van der Waals surface area contributed by atoms with Crippen LogP contribution in [0, 0.1) is 0 Å². The Morgan fingerprint density at radius 3 is 1.82 bits per heavy atom. The van der Waals surface area contributed by atoms with Gasteiger partial charge in [-0.05, 0) is 41.0 Å². The lowest BCUT2D eigenvalue weighted by Crippen LogP contribution is -2.38. The van der Waals surface area contributed by atoms with Gasteiger partial charge in [-0.2, -0.15) is 0 Å². The Balaban J connectivity index is 2.00. The predicted molar refractivity (Wildman–Crippen MR) is 146 cm³/mol. The summed E-state index contributed by atoms with van der Waals surface area (Å²) in [5.41, 5.74) is 1.49. The number of carbonyl (C=O) groups excluding carboxylic acids is 1. The molecular formula is C30H33BO8. The molecule has 0 heterocycles. The number of benzene rings is 3. The maximum absolute atomic E-state index is 12.1. The molecule has 0 aromatic heterocycles. The first-order chi connectivity index (χ1) is 18.9. The summed E-state index contributed by atoms with van der Waals surface area (Å²) in [7, 11) is 8.88. The second kappa shape index (κ2) is 14.9. The molecule has 1 atom stereocenters. The van der Waals surface area contributed by atoms with Gasteiger partial charge in [0.2, 0.25) is 0 Å². The molecule has 0 saturated heterocycles. The van der Waals surface area contributed by atoms with Crippen LogP contribution in [0.2, 0.25) is 6.32 Å². The van der Waals surface area contributed by atoms with Gasteiger partial charge in [0.25, 0.3) is 0 Å². The van der Waals surface area contributed by atoms with Crippen LogP contribution in [0.15, 0.2) is 78.9 Å².